The summed E-state index contributed by atoms with van der Waals surface area (Å²) in [6.07, 6.45) is 2.18. The molecule has 0 aliphatic heterocycles. The van der Waals surface area contributed by atoms with E-state index < -0.39 is 18.0 Å². The number of hydrogen-bond donors (Lipinski definition) is 3. The Balaban J connectivity index is 2.68. The fraction of sp³-hybridized carbons (Fsp3) is 0.308. The Morgan fingerprint density at radius 3 is 2.76 bits per heavy atom. The van der Waals surface area contributed by atoms with Gasteiger partial charge in [-0.05, 0) is 36.6 Å². The highest BCUT2D eigenvalue weighted by Gasteiger charge is 2.19. The lowest BCUT2D eigenvalue weighted by Gasteiger charge is -2.15. The molecule has 3 N–H and O–H groups in total. The molecule has 0 bridgehead atoms. The first kappa shape index (κ1) is 17.1. The molecule has 1 atom stereocenters. The first-order valence-electron chi connectivity index (χ1n) is 5.96. The molecule has 0 unspecified atom stereocenters. The molecule has 0 saturated carbocycles. The molecule has 0 spiro atoms. The van der Waals surface area contributed by atoms with Crippen molar-refractivity contribution in [1.82, 2.24) is 5.32 Å². The van der Waals surface area contributed by atoms with Crippen LogP contribution in [0.2, 0.25) is 5.02 Å². The largest absolute Gasteiger partial charge is 0.480 e. The van der Waals surface area contributed by atoms with E-state index in [1.54, 1.807) is 0 Å². The van der Waals surface area contributed by atoms with E-state index in [0.717, 1.165) is 0 Å². The van der Waals surface area contributed by atoms with Crippen molar-refractivity contribution in [3.63, 3.8) is 0 Å². The average molecular weight is 328 g/mol. The second-order valence-corrected chi connectivity index (χ2v) is 5.47. The van der Waals surface area contributed by atoms with Crippen LogP contribution in [0.25, 0.3) is 0 Å². The molecule has 0 heterocycles. The molecule has 0 radical (unpaired) electrons. The molecule has 2 amide bonds. The van der Waals surface area contributed by atoms with Gasteiger partial charge in [0.05, 0.1) is 22.3 Å². The smallest absolute Gasteiger partial charge is 0.326 e. The number of hydrogen-bond acceptors (Lipinski definition) is 4. The van der Waals surface area contributed by atoms with Crippen molar-refractivity contribution in [2.75, 3.05) is 17.3 Å². The molecule has 112 valence electrons. The number of halogens is 1. The summed E-state index contributed by atoms with van der Waals surface area (Å²) in [7, 11) is 0. The number of anilines is 1. The average Bonchev–Trinajstić information content (AvgIpc) is 2.45. The van der Waals surface area contributed by atoms with E-state index in [9.17, 15) is 9.59 Å². The number of urea groups is 1. The van der Waals surface area contributed by atoms with Crippen molar-refractivity contribution in [2.24, 2.45) is 0 Å². The van der Waals surface area contributed by atoms with Crippen LogP contribution in [0.1, 0.15) is 12.0 Å². The number of nitriles is 1. The summed E-state index contributed by atoms with van der Waals surface area (Å²) < 4.78 is 0. The predicted molar refractivity (Wildman–Crippen MR) is 82.7 cm³/mol. The summed E-state index contributed by atoms with van der Waals surface area (Å²) in [5.74, 6) is -0.473. The molecule has 8 heteroatoms. The fourth-order valence-corrected chi connectivity index (χ4v) is 2.19. The quantitative estimate of drug-likeness (QED) is 0.745. The van der Waals surface area contributed by atoms with Gasteiger partial charge >= 0.3 is 12.0 Å². The van der Waals surface area contributed by atoms with Gasteiger partial charge in [0.1, 0.15) is 6.04 Å². The first-order valence-corrected chi connectivity index (χ1v) is 7.74. The van der Waals surface area contributed by atoms with Crippen molar-refractivity contribution in [1.29, 1.82) is 5.26 Å². The highest BCUT2D eigenvalue weighted by molar-refractivity contribution is 7.98. The van der Waals surface area contributed by atoms with Crippen molar-refractivity contribution in [2.45, 2.75) is 12.5 Å². The summed E-state index contributed by atoms with van der Waals surface area (Å²) in [5.41, 5.74) is 0.677. The van der Waals surface area contributed by atoms with E-state index in [4.69, 9.17) is 22.0 Å². The van der Waals surface area contributed by atoms with E-state index >= 15 is 0 Å². The Kier molecular flexibility index (Phi) is 6.85. The van der Waals surface area contributed by atoms with E-state index in [1.807, 2.05) is 12.3 Å². The second kappa shape index (κ2) is 8.39. The van der Waals surface area contributed by atoms with Crippen LogP contribution < -0.4 is 10.6 Å². The van der Waals surface area contributed by atoms with Gasteiger partial charge in [-0.1, -0.05) is 11.6 Å². The second-order valence-electron chi connectivity index (χ2n) is 4.08. The molecule has 0 aromatic heterocycles. The minimum absolute atomic E-state index is 0.209. The van der Waals surface area contributed by atoms with Gasteiger partial charge in [-0.2, -0.15) is 17.0 Å². The Morgan fingerprint density at radius 2 is 2.24 bits per heavy atom. The number of rotatable bonds is 6. The minimum atomic E-state index is -1.09. The van der Waals surface area contributed by atoms with Crippen LogP contribution in [0.3, 0.4) is 0 Å². The normalized spacial score (nSPS) is 11.3. The summed E-state index contributed by atoms with van der Waals surface area (Å²) in [6.45, 7) is 0. The Morgan fingerprint density at radius 1 is 1.52 bits per heavy atom. The van der Waals surface area contributed by atoms with Crippen LogP contribution in [-0.4, -0.2) is 35.2 Å². The Bertz CT molecular complexity index is 574. The number of carbonyl (C=O) groups excluding carboxylic acids is 1. The molecular formula is C13H14ClN3O3S. The minimum Gasteiger partial charge on any atom is -0.480 e. The number of benzene rings is 1. The fourth-order valence-electron chi connectivity index (χ4n) is 1.50. The Hall–Kier alpha value is -1.91. The molecule has 0 saturated heterocycles. The summed E-state index contributed by atoms with van der Waals surface area (Å²) >= 11 is 7.42. The van der Waals surface area contributed by atoms with Gasteiger partial charge in [0.2, 0.25) is 0 Å². The lowest BCUT2D eigenvalue weighted by atomic mass is 10.2. The van der Waals surface area contributed by atoms with Crippen LogP contribution >= 0.6 is 23.4 Å². The van der Waals surface area contributed by atoms with Crippen molar-refractivity contribution in [3.8, 4) is 6.07 Å². The van der Waals surface area contributed by atoms with E-state index in [0.29, 0.717) is 23.4 Å². The monoisotopic (exact) mass is 327 g/mol. The molecule has 6 nitrogen and oxygen atoms in total. The number of aliphatic carboxylic acids is 1. The van der Waals surface area contributed by atoms with E-state index in [-0.39, 0.29) is 5.02 Å². The highest BCUT2D eigenvalue weighted by Crippen LogP contribution is 2.22. The Labute approximate surface area is 131 Å². The lowest BCUT2D eigenvalue weighted by molar-refractivity contribution is -0.139. The maximum Gasteiger partial charge on any atom is 0.326 e. The van der Waals surface area contributed by atoms with E-state index in [1.165, 1.54) is 30.0 Å². The van der Waals surface area contributed by atoms with Gasteiger partial charge < -0.3 is 15.7 Å². The van der Waals surface area contributed by atoms with Crippen molar-refractivity contribution in [3.05, 3.63) is 28.8 Å². The van der Waals surface area contributed by atoms with Gasteiger partial charge in [-0.25, -0.2) is 9.59 Å². The third-order valence-electron chi connectivity index (χ3n) is 2.56. The predicted octanol–water partition coefficient (Wildman–Crippen LogP) is 2.54. The third-order valence-corrected chi connectivity index (χ3v) is 3.52. The van der Waals surface area contributed by atoms with Crippen molar-refractivity contribution >= 4 is 41.1 Å². The molecule has 21 heavy (non-hydrogen) atoms. The number of thioether (sulfide) groups is 1. The number of nitrogens with zero attached hydrogens (tertiary/aromatic N) is 1. The molecule has 0 aliphatic rings. The van der Waals surface area contributed by atoms with Gasteiger partial charge in [0, 0.05) is 0 Å². The number of nitrogens with one attached hydrogen (secondary N) is 2. The standard InChI is InChI=1S/C13H14ClN3O3S/c1-21-5-4-11(12(18)19)17-13(20)16-10-3-2-8(7-15)6-9(10)14/h2-3,6,11H,4-5H2,1H3,(H,18,19)(H2,16,17,20)/t11-/m0/s1. The number of carboxylic acid groups (broad SMARTS) is 1. The molecule has 1 aromatic carbocycles. The topological polar surface area (TPSA) is 102 Å². The molecule has 0 fully saturated rings. The van der Waals surface area contributed by atoms with Crippen LogP contribution in [-0.2, 0) is 4.79 Å². The number of carboxylic acids is 1. The zero-order valence-corrected chi connectivity index (χ0v) is 12.8. The number of carbonyl (C=O) groups is 2. The van der Waals surface area contributed by atoms with Crippen LogP contribution in [0.4, 0.5) is 10.5 Å². The molecule has 0 aliphatic carbocycles. The van der Waals surface area contributed by atoms with Crippen molar-refractivity contribution < 1.29 is 14.7 Å². The summed E-state index contributed by atoms with van der Waals surface area (Å²) in [6, 6.07) is 4.71. The van der Waals surface area contributed by atoms with Crippen LogP contribution in [0.5, 0.6) is 0 Å². The zero-order chi connectivity index (χ0) is 15.8. The molecule has 1 aromatic rings. The number of amides is 2. The van der Waals surface area contributed by atoms with E-state index in [2.05, 4.69) is 10.6 Å². The third kappa shape index (κ3) is 5.53. The van der Waals surface area contributed by atoms with Crippen LogP contribution in [0.15, 0.2) is 18.2 Å². The highest BCUT2D eigenvalue weighted by atomic mass is 35.5. The molecular weight excluding hydrogens is 314 g/mol. The van der Waals surface area contributed by atoms with Gasteiger partial charge in [-0.3, -0.25) is 0 Å². The van der Waals surface area contributed by atoms with Crippen LogP contribution in [0, 0.1) is 11.3 Å². The van der Waals surface area contributed by atoms with Gasteiger partial charge in [0.15, 0.2) is 0 Å². The van der Waals surface area contributed by atoms with Gasteiger partial charge in [-0.15, -0.1) is 0 Å². The maximum absolute atomic E-state index is 11.8. The first-order chi connectivity index (χ1) is 9.97. The lowest BCUT2D eigenvalue weighted by Crippen LogP contribution is -2.43. The maximum atomic E-state index is 11.8. The van der Waals surface area contributed by atoms with Gasteiger partial charge in [0.25, 0.3) is 0 Å². The molecule has 1 rings (SSSR count). The summed E-state index contributed by atoms with van der Waals surface area (Å²) in [4.78, 5) is 22.8. The summed E-state index contributed by atoms with van der Waals surface area (Å²) in [5, 5.41) is 22.8. The zero-order valence-electron chi connectivity index (χ0n) is 11.2. The SMILES string of the molecule is CSCC[C@H](NC(=O)Nc1ccc(C#N)cc1Cl)C(=O)O.